The number of nitrogens with zero attached hydrogens (tertiary/aromatic N) is 2. The van der Waals surface area contributed by atoms with E-state index in [0.717, 1.165) is 32.1 Å². The highest BCUT2D eigenvalue weighted by Gasteiger charge is 2.13. The van der Waals surface area contributed by atoms with E-state index >= 15 is 0 Å². The van der Waals surface area contributed by atoms with Crippen LogP contribution in [0.1, 0.15) is 6.92 Å². The molecule has 0 aliphatic carbocycles. The zero-order chi connectivity index (χ0) is 13.7. The maximum atomic E-state index is 11.7. The fraction of sp³-hybridized carbons (Fsp3) is 0.538. The van der Waals surface area contributed by atoms with Crippen LogP contribution in [0.15, 0.2) is 18.3 Å². The largest absolute Gasteiger partial charge is 0.378 e. The van der Waals surface area contributed by atoms with Crippen LogP contribution in [0.2, 0.25) is 0 Å². The Morgan fingerprint density at radius 2 is 2.10 bits per heavy atom. The highest BCUT2D eigenvalue weighted by atomic mass is 35.5. The van der Waals surface area contributed by atoms with E-state index < -0.39 is 0 Å². The van der Waals surface area contributed by atoms with Crippen molar-refractivity contribution < 1.29 is 9.53 Å². The third kappa shape index (κ3) is 5.67. The number of anilines is 2. The highest BCUT2D eigenvalue weighted by Crippen LogP contribution is 2.15. The zero-order valence-electron chi connectivity index (χ0n) is 11.9. The van der Waals surface area contributed by atoms with Crippen molar-refractivity contribution in [3.63, 3.8) is 0 Å². The fourth-order valence-electron chi connectivity index (χ4n) is 1.81. The molecule has 1 aliphatic rings. The number of pyridine rings is 1. The molecule has 0 bridgehead atoms. The van der Waals surface area contributed by atoms with Gasteiger partial charge in [0.2, 0.25) is 5.91 Å². The first-order chi connectivity index (χ1) is 9.20. The molecule has 0 saturated carbocycles. The molecule has 1 fully saturated rings. The molecule has 0 aromatic carbocycles. The van der Waals surface area contributed by atoms with Gasteiger partial charge >= 0.3 is 0 Å². The van der Waals surface area contributed by atoms with Gasteiger partial charge in [0, 0.05) is 25.6 Å². The van der Waals surface area contributed by atoms with Gasteiger partial charge in [-0.05, 0) is 12.1 Å². The Labute approximate surface area is 137 Å². The van der Waals surface area contributed by atoms with Crippen LogP contribution in [0, 0.1) is 5.92 Å². The van der Waals surface area contributed by atoms with Crippen LogP contribution in [0.5, 0.6) is 0 Å². The lowest BCUT2D eigenvalue weighted by Crippen LogP contribution is -2.36. The molecule has 0 radical (unpaired) electrons. The maximum Gasteiger partial charge on any atom is 0.228 e. The molecular weight excluding hydrogens is 315 g/mol. The number of morpholine rings is 1. The first-order valence-corrected chi connectivity index (χ1v) is 6.50. The second-order valence-corrected chi connectivity index (χ2v) is 4.63. The lowest BCUT2D eigenvalue weighted by Gasteiger charge is -2.27. The number of carbonyl (C=O) groups is 1. The number of nitrogens with two attached hydrogens (primary N) is 1. The van der Waals surface area contributed by atoms with E-state index in [0.29, 0.717) is 12.2 Å². The molecule has 1 unspecified atom stereocenters. The molecule has 3 N–H and O–H groups in total. The van der Waals surface area contributed by atoms with Crippen molar-refractivity contribution in [1.29, 1.82) is 0 Å². The van der Waals surface area contributed by atoms with E-state index in [1.165, 1.54) is 0 Å². The molecule has 2 rings (SSSR count). The summed E-state index contributed by atoms with van der Waals surface area (Å²) >= 11 is 0. The Hall–Kier alpha value is -1.08. The summed E-state index contributed by atoms with van der Waals surface area (Å²) in [7, 11) is 0. The van der Waals surface area contributed by atoms with E-state index in [1.807, 2.05) is 12.1 Å². The molecule has 1 aromatic heterocycles. The highest BCUT2D eigenvalue weighted by molar-refractivity contribution is 5.92. The third-order valence-corrected chi connectivity index (χ3v) is 3.15. The lowest BCUT2D eigenvalue weighted by atomic mass is 10.1. The Balaban J connectivity index is 0.00000200. The van der Waals surface area contributed by atoms with Crippen LogP contribution in [-0.2, 0) is 9.53 Å². The number of hydrogen-bond donors (Lipinski definition) is 2. The predicted octanol–water partition coefficient (Wildman–Crippen LogP) is 1.30. The van der Waals surface area contributed by atoms with Crippen LogP contribution in [0.25, 0.3) is 0 Å². The van der Waals surface area contributed by atoms with Gasteiger partial charge in [-0.3, -0.25) is 4.79 Å². The van der Waals surface area contributed by atoms with Crippen molar-refractivity contribution in [2.75, 3.05) is 43.1 Å². The van der Waals surface area contributed by atoms with Crippen LogP contribution in [0.4, 0.5) is 11.5 Å². The van der Waals surface area contributed by atoms with Crippen molar-refractivity contribution in [2.45, 2.75) is 6.92 Å². The third-order valence-electron chi connectivity index (χ3n) is 3.15. The summed E-state index contributed by atoms with van der Waals surface area (Å²) in [5, 5.41) is 2.80. The molecule has 6 nitrogen and oxygen atoms in total. The SMILES string of the molecule is CC(CN)C(=O)Nc1ccc(N2CCOCC2)nc1.Cl.Cl. The van der Waals surface area contributed by atoms with Crippen molar-refractivity contribution >= 4 is 42.2 Å². The predicted molar refractivity (Wildman–Crippen MR) is 88.6 cm³/mol. The van der Waals surface area contributed by atoms with Crippen LogP contribution in [0.3, 0.4) is 0 Å². The number of nitrogens with one attached hydrogen (secondary N) is 1. The topological polar surface area (TPSA) is 80.5 Å². The minimum Gasteiger partial charge on any atom is -0.378 e. The maximum absolute atomic E-state index is 11.7. The standard InChI is InChI=1S/C13H20N4O2.2ClH/c1-10(8-14)13(18)16-11-2-3-12(15-9-11)17-4-6-19-7-5-17;;/h2-3,9-10H,4-8,14H2,1H3,(H,16,18);2*1H. The molecule has 1 atom stereocenters. The average molecular weight is 337 g/mol. The number of ether oxygens (including phenoxy) is 1. The summed E-state index contributed by atoms with van der Waals surface area (Å²) in [5.74, 6) is 0.635. The monoisotopic (exact) mass is 336 g/mol. The van der Waals surface area contributed by atoms with Gasteiger partial charge in [-0.25, -0.2) is 4.98 Å². The molecule has 1 aromatic rings. The number of aromatic nitrogens is 1. The molecule has 1 aliphatic heterocycles. The Morgan fingerprint density at radius 3 is 2.62 bits per heavy atom. The van der Waals surface area contributed by atoms with Gasteiger partial charge < -0.3 is 20.7 Å². The van der Waals surface area contributed by atoms with Crippen molar-refractivity contribution in [2.24, 2.45) is 11.7 Å². The first kappa shape index (κ1) is 19.9. The van der Waals surface area contributed by atoms with Crippen LogP contribution in [-0.4, -0.2) is 43.7 Å². The number of hydrogen-bond acceptors (Lipinski definition) is 5. The summed E-state index contributed by atoms with van der Waals surface area (Å²) in [4.78, 5) is 18.2. The van der Waals surface area contributed by atoms with Gasteiger partial charge in [-0.15, -0.1) is 24.8 Å². The lowest BCUT2D eigenvalue weighted by molar-refractivity contribution is -0.119. The molecular formula is C13H22Cl2N4O2. The summed E-state index contributed by atoms with van der Waals surface area (Å²) in [6.07, 6.45) is 1.67. The smallest absolute Gasteiger partial charge is 0.228 e. The van der Waals surface area contributed by atoms with E-state index in [1.54, 1.807) is 13.1 Å². The second-order valence-electron chi connectivity index (χ2n) is 4.63. The normalized spacial score (nSPS) is 15.4. The minimum atomic E-state index is -0.195. The van der Waals surface area contributed by atoms with Gasteiger partial charge in [0.25, 0.3) is 0 Å². The minimum absolute atomic E-state index is 0. The van der Waals surface area contributed by atoms with E-state index in [9.17, 15) is 4.79 Å². The van der Waals surface area contributed by atoms with Crippen LogP contribution < -0.4 is 16.0 Å². The van der Waals surface area contributed by atoms with Gasteiger partial charge in [0.15, 0.2) is 0 Å². The second kappa shape index (κ2) is 9.78. The Kier molecular flexibility index (Phi) is 9.28. The van der Waals surface area contributed by atoms with E-state index in [4.69, 9.17) is 10.5 Å². The summed E-state index contributed by atoms with van der Waals surface area (Å²) in [5.41, 5.74) is 6.15. The molecule has 2 heterocycles. The number of rotatable bonds is 4. The Morgan fingerprint density at radius 1 is 1.43 bits per heavy atom. The average Bonchev–Trinajstić information content (AvgIpc) is 2.48. The number of carbonyl (C=O) groups excluding carboxylic acids is 1. The zero-order valence-corrected chi connectivity index (χ0v) is 13.6. The number of halogens is 2. The van der Waals surface area contributed by atoms with Crippen molar-refractivity contribution in [3.05, 3.63) is 18.3 Å². The quantitative estimate of drug-likeness (QED) is 0.866. The Bertz CT molecular complexity index is 425. The molecule has 21 heavy (non-hydrogen) atoms. The summed E-state index contributed by atoms with van der Waals surface area (Å²) in [6.45, 7) is 5.30. The van der Waals surface area contributed by atoms with E-state index in [2.05, 4.69) is 15.2 Å². The molecule has 120 valence electrons. The summed E-state index contributed by atoms with van der Waals surface area (Å²) in [6, 6.07) is 3.77. The molecule has 1 saturated heterocycles. The summed E-state index contributed by atoms with van der Waals surface area (Å²) < 4.78 is 5.30. The van der Waals surface area contributed by atoms with Gasteiger partial charge in [0.1, 0.15) is 5.82 Å². The van der Waals surface area contributed by atoms with Gasteiger partial charge in [-0.2, -0.15) is 0 Å². The van der Waals surface area contributed by atoms with Crippen molar-refractivity contribution in [1.82, 2.24) is 4.98 Å². The fourth-order valence-corrected chi connectivity index (χ4v) is 1.81. The molecule has 0 spiro atoms. The van der Waals surface area contributed by atoms with Gasteiger partial charge in [-0.1, -0.05) is 6.92 Å². The molecule has 8 heteroatoms. The van der Waals surface area contributed by atoms with Gasteiger partial charge in [0.05, 0.1) is 25.1 Å². The first-order valence-electron chi connectivity index (χ1n) is 6.50. The van der Waals surface area contributed by atoms with Crippen LogP contribution >= 0.6 is 24.8 Å². The molecule has 1 amide bonds. The van der Waals surface area contributed by atoms with E-state index in [-0.39, 0.29) is 36.6 Å². The van der Waals surface area contributed by atoms with Crippen molar-refractivity contribution in [3.8, 4) is 0 Å². The number of amides is 1.